The van der Waals surface area contributed by atoms with Gasteiger partial charge in [0, 0.05) is 31.2 Å². The Bertz CT molecular complexity index is 496. The number of rotatable bonds is 15. The molecule has 0 spiro atoms. The highest BCUT2D eigenvalue weighted by Gasteiger charge is 2.20. The summed E-state index contributed by atoms with van der Waals surface area (Å²) < 4.78 is 5.44. The van der Waals surface area contributed by atoms with Crippen LogP contribution in [0, 0.1) is 0 Å². The molecule has 1 aliphatic rings. The van der Waals surface area contributed by atoms with Crippen molar-refractivity contribution in [3.05, 3.63) is 24.1 Å². The van der Waals surface area contributed by atoms with E-state index in [9.17, 15) is 9.59 Å². The average molecular weight is 378 g/mol. The first-order valence-electron chi connectivity index (χ1n) is 10.9. The lowest BCUT2D eigenvalue weighted by molar-refractivity contribution is -0.135. The molecule has 4 heteroatoms. The first-order valence-corrected chi connectivity index (χ1v) is 10.9. The van der Waals surface area contributed by atoms with Crippen molar-refractivity contribution in [2.24, 2.45) is 0 Å². The van der Waals surface area contributed by atoms with Gasteiger partial charge in [0.25, 0.3) is 0 Å². The number of esters is 1. The second kappa shape index (κ2) is 14.5. The summed E-state index contributed by atoms with van der Waals surface area (Å²) in [7, 11) is 0. The van der Waals surface area contributed by atoms with E-state index >= 15 is 0 Å². The Morgan fingerprint density at radius 1 is 1.04 bits per heavy atom. The Balaban J connectivity index is 2.23. The Labute approximate surface area is 166 Å². The maximum Gasteiger partial charge on any atom is 0.338 e. The predicted octanol–water partition coefficient (Wildman–Crippen LogP) is 6.27. The van der Waals surface area contributed by atoms with Crippen molar-refractivity contribution >= 4 is 11.9 Å². The van der Waals surface area contributed by atoms with E-state index in [1.807, 2.05) is 0 Å². The molecule has 0 unspecified atom stereocenters. The lowest BCUT2D eigenvalue weighted by atomic mass is 10.1. The fourth-order valence-electron chi connectivity index (χ4n) is 3.29. The minimum absolute atomic E-state index is 0.109. The quantitative estimate of drug-likeness (QED) is 0.146. The van der Waals surface area contributed by atoms with Crippen LogP contribution in [0.5, 0.6) is 0 Å². The standard InChI is InChI=1S/C23H39NO3/c1-4-5-6-7-8-9-10-11-12-13-14-16-21(27-23(26)20(2)3)19-24-18-15-17-22(24)25/h19H,2,4-18H2,1,3H3/b21-19+. The molecule has 1 fully saturated rings. The maximum absolute atomic E-state index is 11.8. The normalized spacial score (nSPS) is 14.7. The van der Waals surface area contributed by atoms with Crippen LogP contribution in [-0.2, 0) is 14.3 Å². The number of hydrogen-bond acceptors (Lipinski definition) is 3. The molecule has 0 bridgehead atoms. The molecule has 1 aliphatic heterocycles. The highest BCUT2D eigenvalue weighted by atomic mass is 16.5. The van der Waals surface area contributed by atoms with E-state index in [1.165, 1.54) is 57.8 Å². The van der Waals surface area contributed by atoms with Crippen molar-refractivity contribution in [3.63, 3.8) is 0 Å². The molecule has 1 amide bonds. The molecule has 0 aliphatic carbocycles. The number of carbonyl (C=O) groups is 2. The summed E-state index contributed by atoms with van der Waals surface area (Å²) in [5.74, 6) is 0.294. The molecule has 27 heavy (non-hydrogen) atoms. The van der Waals surface area contributed by atoms with Crippen molar-refractivity contribution in [2.45, 2.75) is 104 Å². The highest BCUT2D eigenvalue weighted by Crippen LogP contribution is 2.18. The molecule has 1 rings (SSSR count). The van der Waals surface area contributed by atoms with Crippen LogP contribution in [0.3, 0.4) is 0 Å². The summed E-state index contributed by atoms with van der Waals surface area (Å²) in [5.41, 5.74) is 0.382. The number of nitrogens with zero attached hydrogens (tertiary/aromatic N) is 1. The van der Waals surface area contributed by atoms with Gasteiger partial charge in [0.05, 0.1) is 0 Å². The second-order valence-electron chi connectivity index (χ2n) is 7.74. The van der Waals surface area contributed by atoms with Crippen LogP contribution in [0.2, 0.25) is 0 Å². The molecule has 154 valence electrons. The number of allylic oxidation sites excluding steroid dienone is 1. The van der Waals surface area contributed by atoms with E-state index < -0.39 is 5.97 Å². The molecule has 0 saturated carbocycles. The number of unbranched alkanes of at least 4 members (excludes halogenated alkanes) is 10. The topological polar surface area (TPSA) is 46.6 Å². The van der Waals surface area contributed by atoms with Crippen LogP contribution in [-0.4, -0.2) is 23.3 Å². The summed E-state index contributed by atoms with van der Waals surface area (Å²) in [5, 5.41) is 0. The SMILES string of the molecule is C=C(C)C(=O)O/C(=C/N1CCCC1=O)CCCCCCCCCCCCC. The molecular formula is C23H39NO3. The van der Waals surface area contributed by atoms with Crippen LogP contribution < -0.4 is 0 Å². The molecule has 0 radical (unpaired) electrons. The molecule has 0 atom stereocenters. The van der Waals surface area contributed by atoms with Crippen molar-refractivity contribution in [1.82, 2.24) is 4.90 Å². The highest BCUT2D eigenvalue weighted by molar-refractivity contribution is 5.87. The number of amides is 1. The summed E-state index contributed by atoms with van der Waals surface area (Å²) >= 11 is 0. The van der Waals surface area contributed by atoms with Crippen LogP contribution in [0.15, 0.2) is 24.1 Å². The van der Waals surface area contributed by atoms with Gasteiger partial charge in [-0.25, -0.2) is 4.79 Å². The molecule has 4 nitrogen and oxygen atoms in total. The van der Waals surface area contributed by atoms with Gasteiger partial charge in [0.1, 0.15) is 5.76 Å². The summed E-state index contributed by atoms with van der Waals surface area (Å²) in [6, 6.07) is 0. The zero-order chi connectivity index (χ0) is 19.9. The van der Waals surface area contributed by atoms with E-state index in [2.05, 4.69) is 13.5 Å². The van der Waals surface area contributed by atoms with Crippen molar-refractivity contribution in [3.8, 4) is 0 Å². The van der Waals surface area contributed by atoms with Crippen LogP contribution in [0.4, 0.5) is 0 Å². The van der Waals surface area contributed by atoms with Gasteiger partial charge in [-0.2, -0.15) is 0 Å². The monoisotopic (exact) mass is 377 g/mol. The number of ether oxygens (including phenoxy) is 1. The Morgan fingerprint density at radius 2 is 1.59 bits per heavy atom. The van der Waals surface area contributed by atoms with Gasteiger partial charge in [-0.1, -0.05) is 77.7 Å². The van der Waals surface area contributed by atoms with Gasteiger partial charge < -0.3 is 9.64 Å². The third-order valence-corrected chi connectivity index (χ3v) is 5.01. The van der Waals surface area contributed by atoms with Gasteiger partial charge in [0.2, 0.25) is 5.91 Å². The molecular weight excluding hydrogens is 338 g/mol. The van der Waals surface area contributed by atoms with Crippen LogP contribution in [0.1, 0.15) is 104 Å². The lowest BCUT2D eigenvalue weighted by Crippen LogP contribution is -2.19. The van der Waals surface area contributed by atoms with E-state index in [-0.39, 0.29) is 5.91 Å². The zero-order valence-electron chi connectivity index (χ0n) is 17.6. The van der Waals surface area contributed by atoms with Crippen LogP contribution in [0.25, 0.3) is 0 Å². The summed E-state index contributed by atoms with van der Waals surface area (Å²) in [6.07, 6.45) is 18.0. The van der Waals surface area contributed by atoms with E-state index in [4.69, 9.17) is 4.74 Å². The third kappa shape index (κ3) is 11.0. The average Bonchev–Trinajstić information content (AvgIpc) is 3.04. The fraction of sp³-hybridized carbons (Fsp3) is 0.739. The molecule has 0 aromatic carbocycles. The van der Waals surface area contributed by atoms with E-state index in [1.54, 1.807) is 18.0 Å². The third-order valence-electron chi connectivity index (χ3n) is 5.01. The van der Waals surface area contributed by atoms with Gasteiger partial charge in [-0.3, -0.25) is 4.79 Å². The van der Waals surface area contributed by atoms with Gasteiger partial charge in [-0.05, 0) is 19.8 Å². The first kappa shape index (κ1) is 23.5. The minimum atomic E-state index is -0.407. The number of likely N-dealkylation sites (tertiary alicyclic amines) is 1. The van der Waals surface area contributed by atoms with Gasteiger partial charge in [0.15, 0.2) is 0 Å². The fourth-order valence-corrected chi connectivity index (χ4v) is 3.29. The second-order valence-corrected chi connectivity index (χ2v) is 7.74. The van der Waals surface area contributed by atoms with Crippen LogP contribution >= 0.6 is 0 Å². The van der Waals surface area contributed by atoms with Crippen molar-refractivity contribution in [1.29, 1.82) is 0 Å². The lowest BCUT2D eigenvalue weighted by Gasteiger charge is -2.14. The summed E-state index contributed by atoms with van der Waals surface area (Å²) in [6.45, 7) is 8.24. The number of hydrogen-bond donors (Lipinski definition) is 0. The number of carbonyl (C=O) groups excluding carboxylic acids is 2. The van der Waals surface area contributed by atoms with E-state index in [0.29, 0.717) is 30.7 Å². The van der Waals surface area contributed by atoms with Crippen molar-refractivity contribution < 1.29 is 14.3 Å². The first-order chi connectivity index (χ1) is 13.0. The van der Waals surface area contributed by atoms with Gasteiger partial charge >= 0.3 is 5.97 Å². The molecule has 0 aromatic rings. The van der Waals surface area contributed by atoms with Crippen molar-refractivity contribution in [2.75, 3.05) is 6.54 Å². The largest absolute Gasteiger partial charge is 0.426 e. The zero-order valence-corrected chi connectivity index (χ0v) is 17.6. The van der Waals surface area contributed by atoms with Gasteiger partial charge in [-0.15, -0.1) is 0 Å². The maximum atomic E-state index is 11.8. The Kier molecular flexibility index (Phi) is 12.6. The molecule has 0 N–H and O–H groups in total. The molecule has 0 aromatic heterocycles. The Hall–Kier alpha value is -1.58. The van der Waals surface area contributed by atoms with E-state index in [0.717, 1.165) is 19.3 Å². The molecule has 1 saturated heterocycles. The minimum Gasteiger partial charge on any atom is -0.426 e. The summed E-state index contributed by atoms with van der Waals surface area (Å²) in [4.78, 5) is 25.3. The molecule has 1 heterocycles. The Morgan fingerprint density at radius 3 is 2.07 bits per heavy atom. The smallest absolute Gasteiger partial charge is 0.338 e. The predicted molar refractivity (Wildman–Crippen MR) is 111 cm³/mol.